The average molecular weight is 266 g/mol. The first kappa shape index (κ1) is 13.4. The summed E-state index contributed by atoms with van der Waals surface area (Å²) in [5.41, 5.74) is 1.16. The standard InChI is InChI=1S/C12H18N4O3/c1-7-10(8(2)19-16-7)15-12(18)14-9-5-3-4-6-13-11(9)17/h9H,3-6H2,1-2H3,(H,13,17)(H2,14,15,18)/t9-/m1/s1. The van der Waals surface area contributed by atoms with Gasteiger partial charge in [-0.2, -0.15) is 0 Å². The summed E-state index contributed by atoms with van der Waals surface area (Å²) in [7, 11) is 0. The summed E-state index contributed by atoms with van der Waals surface area (Å²) >= 11 is 0. The van der Waals surface area contributed by atoms with Gasteiger partial charge in [-0.3, -0.25) is 4.79 Å². The Morgan fingerprint density at radius 1 is 1.42 bits per heavy atom. The zero-order chi connectivity index (χ0) is 13.8. The lowest BCUT2D eigenvalue weighted by Gasteiger charge is -2.15. The van der Waals surface area contributed by atoms with E-state index in [1.165, 1.54) is 0 Å². The van der Waals surface area contributed by atoms with Crippen LogP contribution in [0.3, 0.4) is 0 Å². The topological polar surface area (TPSA) is 96.3 Å². The number of carbonyl (C=O) groups is 2. The van der Waals surface area contributed by atoms with Crippen LogP contribution in [0.4, 0.5) is 10.5 Å². The number of aromatic nitrogens is 1. The van der Waals surface area contributed by atoms with Gasteiger partial charge in [-0.25, -0.2) is 4.79 Å². The van der Waals surface area contributed by atoms with Crippen molar-refractivity contribution in [3.63, 3.8) is 0 Å². The van der Waals surface area contributed by atoms with E-state index in [4.69, 9.17) is 4.52 Å². The molecule has 3 N–H and O–H groups in total. The molecule has 1 atom stereocenters. The fraction of sp³-hybridized carbons (Fsp3) is 0.583. The van der Waals surface area contributed by atoms with Crippen LogP contribution in [0, 0.1) is 13.8 Å². The molecule has 0 aromatic carbocycles. The molecule has 1 aliphatic rings. The van der Waals surface area contributed by atoms with Crippen molar-refractivity contribution >= 4 is 17.6 Å². The molecular weight excluding hydrogens is 248 g/mol. The normalized spacial score (nSPS) is 19.5. The van der Waals surface area contributed by atoms with Crippen molar-refractivity contribution in [1.82, 2.24) is 15.8 Å². The van der Waals surface area contributed by atoms with Crippen molar-refractivity contribution in [1.29, 1.82) is 0 Å². The fourth-order valence-electron chi connectivity index (χ4n) is 2.05. The molecule has 2 rings (SSSR count). The Kier molecular flexibility index (Phi) is 4.03. The molecule has 1 saturated heterocycles. The molecule has 1 aromatic rings. The number of rotatable bonds is 2. The molecule has 0 aliphatic carbocycles. The highest BCUT2D eigenvalue weighted by atomic mass is 16.5. The number of anilines is 1. The van der Waals surface area contributed by atoms with E-state index in [9.17, 15) is 9.59 Å². The number of hydrogen-bond donors (Lipinski definition) is 3. The summed E-state index contributed by atoms with van der Waals surface area (Å²) in [6, 6.07) is -0.903. The minimum atomic E-state index is -0.483. The van der Waals surface area contributed by atoms with Gasteiger partial charge in [0.25, 0.3) is 0 Å². The van der Waals surface area contributed by atoms with Crippen LogP contribution in [-0.2, 0) is 4.79 Å². The van der Waals surface area contributed by atoms with Gasteiger partial charge in [0.15, 0.2) is 5.76 Å². The Labute approximate surface area is 111 Å². The van der Waals surface area contributed by atoms with E-state index in [0.29, 0.717) is 30.1 Å². The molecule has 0 saturated carbocycles. The molecule has 0 radical (unpaired) electrons. The van der Waals surface area contributed by atoms with Crippen molar-refractivity contribution in [2.75, 3.05) is 11.9 Å². The predicted molar refractivity (Wildman–Crippen MR) is 68.8 cm³/mol. The molecule has 2 heterocycles. The highest BCUT2D eigenvalue weighted by Crippen LogP contribution is 2.18. The molecule has 1 fully saturated rings. The van der Waals surface area contributed by atoms with Crippen LogP contribution >= 0.6 is 0 Å². The van der Waals surface area contributed by atoms with E-state index >= 15 is 0 Å². The summed E-state index contributed by atoms with van der Waals surface area (Å²) in [5.74, 6) is 0.407. The van der Waals surface area contributed by atoms with Crippen molar-refractivity contribution in [2.45, 2.75) is 39.2 Å². The van der Waals surface area contributed by atoms with Crippen molar-refractivity contribution in [2.24, 2.45) is 0 Å². The molecule has 7 nitrogen and oxygen atoms in total. The van der Waals surface area contributed by atoms with Gasteiger partial charge in [0.05, 0.1) is 0 Å². The molecule has 0 unspecified atom stereocenters. The third-order valence-corrected chi connectivity index (χ3v) is 3.11. The molecule has 19 heavy (non-hydrogen) atoms. The van der Waals surface area contributed by atoms with Gasteiger partial charge < -0.3 is 20.5 Å². The quantitative estimate of drug-likeness (QED) is 0.746. The van der Waals surface area contributed by atoms with Crippen LogP contribution < -0.4 is 16.0 Å². The third kappa shape index (κ3) is 3.24. The summed E-state index contributed by atoms with van der Waals surface area (Å²) in [4.78, 5) is 23.6. The van der Waals surface area contributed by atoms with Crippen molar-refractivity contribution in [3.05, 3.63) is 11.5 Å². The number of nitrogens with one attached hydrogen (secondary N) is 3. The van der Waals surface area contributed by atoms with Gasteiger partial charge in [0.2, 0.25) is 5.91 Å². The molecule has 7 heteroatoms. The van der Waals surface area contributed by atoms with E-state index in [1.54, 1.807) is 13.8 Å². The second-order valence-corrected chi connectivity index (χ2v) is 4.64. The smallest absolute Gasteiger partial charge is 0.320 e. The van der Waals surface area contributed by atoms with Gasteiger partial charge in [-0.1, -0.05) is 5.16 Å². The monoisotopic (exact) mass is 266 g/mol. The lowest BCUT2D eigenvalue weighted by Crippen LogP contribution is -2.47. The van der Waals surface area contributed by atoms with E-state index in [1.807, 2.05) is 0 Å². The summed E-state index contributed by atoms with van der Waals surface area (Å²) in [6.45, 7) is 4.13. The predicted octanol–water partition coefficient (Wildman–Crippen LogP) is 1.08. The highest BCUT2D eigenvalue weighted by Gasteiger charge is 2.23. The van der Waals surface area contributed by atoms with Crippen LogP contribution in [0.15, 0.2) is 4.52 Å². The number of urea groups is 1. The zero-order valence-corrected chi connectivity index (χ0v) is 11.1. The van der Waals surface area contributed by atoms with E-state index < -0.39 is 12.1 Å². The number of amides is 3. The lowest BCUT2D eigenvalue weighted by atomic mass is 10.1. The summed E-state index contributed by atoms with van der Waals surface area (Å²) < 4.78 is 4.96. The Morgan fingerprint density at radius 3 is 2.89 bits per heavy atom. The second kappa shape index (κ2) is 5.73. The Hall–Kier alpha value is -2.05. The molecule has 3 amide bonds. The maximum atomic E-state index is 11.9. The van der Waals surface area contributed by atoms with Crippen molar-refractivity contribution < 1.29 is 14.1 Å². The van der Waals surface area contributed by atoms with E-state index in [0.717, 1.165) is 12.8 Å². The molecule has 104 valence electrons. The second-order valence-electron chi connectivity index (χ2n) is 4.64. The van der Waals surface area contributed by atoms with Crippen LogP contribution in [0.25, 0.3) is 0 Å². The maximum absolute atomic E-state index is 11.9. The van der Waals surface area contributed by atoms with Crippen LogP contribution in [0.2, 0.25) is 0 Å². The molecular formula is C12H18N4O3. The van der Waals surface area contributed by atoms with Gasteiger partial charge in [0, 0.05) is 6.54 Å². The van der Waals surface area contributed by atoms with Gasteiger partial charge >= 0.3 is 6.03 Å². The number of carbonyl (C=O) groups excluding carboxylic acids is 2. The van der Waals surface area contributed by atoms with Crippen LogP contribution in [-0.4, -0.2) is 29.7 Å². The lowest BCUT2D eigenvalue weighted by molar-refractivity contribution is -0.122. The Balaban J connectivity index is 1.95. The third-order valence-electron chi connectivity index (χ3n) is 3.11. The number of nitrogens with zero attached hydrogens (tertiary/aromatic N) is 1. The first-order valence-electron chi connectivity index (χ1n) is 6.36. The minimum absolute atomic E-state index is 0.133. The molecule has 1 aliphatic heterocycles. The van der Waals surface area contributed by atoms with Crippen LogP contribution in [0.1, 0.15) is 30.7 Å². The first-order valence-corrected chi connectivity index (χ1v) is 6.36. The Bertz CT molecular complexity index is 464. The summed E-state index contributed by atoms with van der Waals surface area (Å²) in [5, 5.41) is 11.8. The first-order chi connectivity index (χ1) is 9.08. The number of hydrogen-bond acceptors (Lipinski definition) is 4. The molecule has 0 spiro atoms. The zero-order valence-electron chi connectivity index (χ0n) is 11.1. The maximum Gasteiger partial charge on any atom is 0.320 e. The fourth-order valence-corrected chi connectivity index (χ4v) is 2.05. The minimum Gasteiger partial charge on any atom is -0.359 e. The average Bonchev–Trinajstić information content (AvgIpc) is 2.57. The number of aryl methyl sites for hydroxylation is 2. The molecule has 1 aromatic heterocycles. The van der Waals surface area contributed by atoms with Gasteiger partial charge in [-0.05, 0) is 33.1 Å². The summed E-state index contributed by atoms with van der Waals surface area (Å²) in [6.07, 6.45) is 2.51. The van der Waals surface area contributed by atoms with Crippen LogP contribution in [0.5, 0.6) is 0 Å². The Morgan fingerprint density at radius 2 is 2.21 bits per heavy atom. The molecule has 0 bridgehead atoms. The highest BCUT2D eigenvalue weighted by molar-refractivity contribution is 5.94. The SMILES string of the molecule is Cc1noc(C)c1NC(=O)N[C@@H]1CCCCNC1=O. The van der Waals surface area contributed by atoms with E-state index in [-0.39, 0.29) is 5.91 Å². The van der Waals surface area contributed by atoms with E-state index in [2.05, 4.69) is 21.1 Å². The van der Waals surface area contributed by atoms with Crippen molar-refractivity contribution in [3.8, 4) is 0 Å². The van der Waals surface area contributed by atoms with Gasteiger partial charge in [0.1, 0.15) is 17.4 Å². The largest absolute Gasteiger partial charge is 0.359 e. The van der Waals surface area contributed by atoms with Gasteiger partial charge in [-0.15, -0.1) is 0 Å².